The lowest BCUT2D eigenvalue weighted by Crippen LogP contribution is -2.26. The first kappa shape index (κ1) is 14.2. The van der Waals surface area contributed by atoms with Gasteiger partial charge in [0.15, 0.2) is 0 Å². The first-order valence-electron chi connectivity index (χ1n) is 7.78. The highest BCUT2D eigenvalue weighted by Crippen LogP contribution is 2.52. The molecular formula is C17H18BrN3O. The van der Waals surface area contributed by atoms with E-state index in [0.717, 1.165) is 53.8 Å². The van der Waals surface area contributed by atoms with Crippen LogP contribution in [0.1, 0.15) is 41.9 Å². The summed E-state index contributed by atoms with van der Waals surface area (Å²) in [7, 11) is 0. The summed E-state index contributed by atoms with van der Waals surface area (Å²) in [5, 5.41) is 3.29. The number of hydrogen-bond donors (Lipinski definition) is 2. The van der Waals surface area contributed by atoms with Crippen LogP contribution in [0.3, 0.4) is 0 Å². The Labute approximate surface area is 137 Å². The second kappa shape index (κ2) is 5.32. The minimum atomic E-state index is -0.0995. The summed E-state index contributed by atoms with van der Waals surface area (Å²) in [6.45, 7) is 1.57. The molecule has 4 nitrogen and oxygen atoms in total. The number of halogens is 1. The van der Waals surface area contributed by atoms with Gasteiger partial charge in [0.05, 0.1) is 16.7 Å². The molecule has 0 amide bonds. The normalized spacial score (nSPS) is 19.3. The second-order valence-corrected chi connectivity index (χ2v) is 7.13. The predicted molar refractivity (Wildman–Crippen MR) is 89.0 cm³/mol. The molecule has 0 bridgehead atoms. The molecule has 2 N–H and O–H groups in total. The van der Waals surface area contributed by atoms with Crippen molar-refractivity contribution < 1.29 is 0 Å². The first-order chi connectivity index (χ1) is 10.7. The third-order valence-electron chi connectivity index (χ3n) is 4.75. The molecule has 1 fully saturated rings. The van der Waals surface area contributed by atoms with Gasteiger partial charge >= 0.3 is 0 Å². The summed E-state index contributed by atoms with van der Waals surface area (Å²) in [6.07, 6.45) is 4.01. The summed E-state index contributed by atoms with van der Waals surface area (Å²) in [5.41, 5.74) is 2.95. The third kappa shape index (κ3) is 2.32. The van der Waals surface area contributed by atoms with Gasteiger partial charge in [-0.3, -0.25) is 4.79 Å². The minimum absolute atomic E-state index is 0.0238. The summed E-state index contributed by atoms with van der Waals surface area (Å²) in [5.74, 6) is 0.844. The Morgan fingerprint density at radius 3 is 2.91 bits per heavy atom. The molecule has 1 aromatic heterocycles. The number of nitrogens with zero attached hydrogens (tertiary/aromatic N) is 1. The zero-order valence-corrected chi connectivity index (χ0v) is 13.9. The highest BCUT2D eigenvalue weighted by atomic mass is 79.9. The van der Waals surface area contributed by atoms with E-state index in [-0.39, 0.29) is 11.0 Å². The summed E-state index contributed by atoms with van der Waals surface area (Å²) in [4.78, 5) is 20.4. The van der Waals surface area contributed by atoms with E-state index in [0.29, 0.717) is 6.54 Å². The van der Waals surface area contributed by atoms with Crippen molar-refractivity contribution in [2.75, 3.05) is 6.54 Å². The van der Waals surface area contributed by atoms with E-state index in [1.54, 1.807) is 0 Å². The molecule has 2 aliphatic rings. The lowest BCUT2D eigenvalue weighted by molar-refractivity contribution is 0.678. The van der Waals surface area contributed by atoms with E-state index in [1.165, 1.54) is 5.56 Å². The second-order valence-electron chi connectivity index (χ2n) is 6.21. The van der Waals surface area contributed by atoms with Gasteiger partial charge in [-0.2, -0.15) is 0 Å². The van der Waals surface area contributed by atoms with Crippen LogP contribution in [0, 0.1) is 0 Å². The number of aromatic amines is 1. The Balaban J connectivity index is 1.82. The molecule has 1 aliphatic carbocycles. The van der Waals surface area contributed by atoms with E-state index in [1.807, 2.05) is 12.1 Å². The van der Waals surface area contributed by atoms with Crippen molar-refractivity contribution in [3.63, 3.8) is 0 Å². The maximum atomic E-state index is 12.5. The molecule has 0 saturated heterocycles. The van der Waals surface area contributed by atoms with Gasteiger partial charge in [0.2, 0.25) is 0 Å². The topological polar surface area (TPSA) is 57.8 Å². The van der Waals surface area contributed by atoms with Crippen molar-refractivity contribution in [1.82, 2.24) is 15.3 Å². The van der Waals surface area contributed by atoms with E-state index in [4.69, 9.17) is 4.98 Å². The predicted octanol–water partition coefficient (Wildman–Crippen LogP) is 2.65. The quantitative estimate of drug-likeness (QED) is 0.866. The van der Waals surface area contributed by atoms with Crippen molar-refractivity contribution in [2.24, 2.45) is 0 Å². The fourth-order valence-electron chi connectivity index (χ4n) is 3.33. The van der Waals surface area contributed by atoms with E-state index < -0.39 is 0 Å². The molecule has 0 unspecified atom stereocenters. The molecule has 0 radical (unpaired) electrons. The molecule has 22 heavy (non-hydrogen) atoms. The zero-order chi connectivity index (χ0) is 15.2. The Morgan fingerprint density at radius 2 is 2.14 bits per heavy atom. The van der Waals surface area contributed by atoms with Crippen LogP contribution in [-0.4, -0.2) is 16.5 Å². The van der Waals surface area contributed by atoms with Gasteiger partial charge in [-0.1, -0.05) is 28.1 Å². The van der Waals surface area contributed by atoms with Gasteiger partial charge in [-0.05, 0) is 49.9 Å². The number of nitrogens with one attached hydrogen (secondary N) is 2. The summed E-state index contributed by atoms with van der Waals surface area (Å²) in [6, 6.07) is 8.34. The Kier molecular flexibility index (Phi) is 3.42. The van der Waals surface area contributed by atoms with Crippen molar-refractivity contribution in [1.29, 1.82) is 0 Å². The molecule has 2 heterocycles. The summed E-state index contributed by atoms with van der Waals surface area (Å²) < 4.78 is 1.07. The molecule has 1 saturated carbocycles. The lowest BCUT2D eigenvalue weighted by atomic mass is 9.94. The Morgan fingerprint density at radius 1 is 1.27 bits per heavy atom. The molecule has 0 spiro atoms. The van der Waals surface area contributed by atoms with Crippen LogP contribution in [0.5, 0.6) is 0 Å². The van der Waals surface area contributed by atoms with E-state index >= 15 is 0 Å². The van der Waals surface area contributed by atoms with Gasteiger partial charge in [0.25, 0.3) is 5.56 Å². The van der Waals surface area contributed by atoms with Gasteiger partial charge < -0.3 is 10.3 Å². The average molecular weight is 360 g/mol. The van der Waals surface area contributed by atoms with Crippen molar-refractivity contribution in [3.05, 3.63) is 61.7 Å². The first-order valence-corrected chi connectivity index (χ1v) is 8.58. The van der Waals surface area contributed by atoms with Crippen LogP contribution >= 0.6 is 15.9 Å². The van der Waals surface area contributed by atoms with Crippen LogP contribution in [-0.2, 0) is 18.4 Å². The monoisotopic (exact) mass is 359 g/mol. The number of H-pyrrole nitrogens is 1. The van der Waals surface area contributed by atoms with Crippen LogP contribution in [0.2, 0.25) is 0 Å². The van der Waals surface area contributed by atoms with Crippen molar-refractivity contribution in [3.8, 4) is 0 Å². The molecule has 4 rings (SSSR count). The lowest BCUT2D eigenvalue weighted by Gasteiger charge is -2.17. The number of rotatable bonds is 2. The highest BCUT2D eigenvalue weighted by molar-refractivity contribution is 9.10. The van der Waals surface area contributed by atoms with Gasteiger partial charge in [0.1, 0.15) is 5.82 Å². The maximum Gasteiger partial charge on any atom is 0.255 e. The number of benzene rings is 1. The van der Waals surface area contributed by atoms with Crippen LogP contribution < -0.4 is 10.9 Å². The fraction of sp³-hybridized carbons (Fsp3) is 0.412. The molecule has 5 heteroatoms. The zero-order valence-electron chi connectivity index (χ0n) is 12.3. The number of hydrogen-bond acceptors (Lipinski definition) is 3. The van der Waals surface area contributed by atoms with Gasteiger partial charge in [0, 0.05) is 11.0 Å². The van der Waals surface area contributed by atoms with E-state index in [9.17, 15) is 4.79 Å². The maximum absolute atomic E-state index is 12.5. The van der Waals surface area contributed by atoms with Crippen LogP contribution in [0.15, 0.2) is 33.5 Å². The molecule has 1 aliphatic heterocycles. The minimum Gasteiger partial charge on any atom is -0.312 e. The van der Waals surface area contributed by atoms with Gasteiger partial charge in [-0.25, -0.2) is 4.98 Å². The Hall–Kier alpha value is -1.46. The standard InChI is InChI=1S/C17H18BrN3O/c18-12-4-1-3-11(9-12)17(6-7-17)16-20-14-5-2-8-19-10-13(14)15(22)21-16/h1,3-4,9,19H,2,5-8,10H2,(H,20,21,22). The van der Waals surface area contributed by atoms with Crippen molar-refractivity contribution in [2.45, 2.75) is 37.6 Å². The number of aryl methyl sites for hydroxylation is 1. The SMILES string of the molecule is O=c1[nH]c(C2(c3cccc(Br)c3)CC2)nc2c1CNCCC2. The smallest absolute Gasteiger partial charge is 0.255 e. The molecule has 1 aromatic carbocycles. The van der Waals surface area contributed by atoms with E-state index in [2.05, 4.69) is 38.4 Å². The van der Waals surface area contributed by atoms with Crippen LogP contribution in [0.4, 0.5) is 0 Å². The fourth-order valence-corrected chi connectivity index (χ4v) is 3.73. The Bertz CT molecular complexity index is 780. The molecule has 0 atom stereocenters. The highest BCUT2D eigenvalue weighted by Gasteiger charge is 2.48. The molecular weight excluding hydrogens is 342 g/mol. The van der Waals surface area contributed by atoms with Crippen molar-refractivity contribution >= 4 is 15.9 Å². The molecule has 2 aromatic rings. The van der Waals surface area contributed by atoms with Crippen LogP contribution in [0.25, 0.3) is 0 Å². The number of aromatic nitrogens is 2. The summed E-state index contributed by atoms with van der Waals surface area (Å²) >= 11 is 3.54. The average Bonchev–Trinajstić information content (AvgIpc) is 3.32. The van der Waals surface area contributed by atoms with Gasteiger partial charge in [-0.15, -0.1) is 0 Å². The number of fused-ring (bicyclic) bond motifs is 1. The third-order valence-corrected chi connectivity index (χ3v) is 5.24. The largest absolute Gasteiger partial charge is 0.312 e. The molecule has 114 valence electrons.